The van der Waals surface area contributed by atoms with E-state index in [9.17, 15) is 0 Å². The Hall–Kier alpha value is -2.24. The summed E-state index contributed by atoms with van der Waals surface area (Å²) in [7, 11) is 0. The molecule has 1 atom stereocenters. The Morgan fingerprint density at radius 1 is 1.10 bits per heavy atom. The van der Waals surface area contributed by atoms with Crippen LogP contribution in [0, 0.1) is 0 Å². The zero-order chi connectivity index (χ0) is 14.8. The fraction of sp³-hybridized carbons (Fsp3) is 0.467. The quantitative estimate of drug-likeness (QED) is 0.932. The summed E-state index contributed by atoms with van der Waals surface area (Å²) in [5.41, 5.74) is 0.927. The van der Waals surface area contributed by atoms with Crippen LogP contribution in [-0.2, 0) is 0 Å². The lowest BCUT2D eigenvalue weighted by Crippen LogP contribution is -2.15. The Morgan fingerprint density at radius 2 is 1.86 bits per heavy atom. The zero-order valence-electron chi connectivity index (χ0n) is 12.4. The van der Waals surface area contributed by atoms with E-state index >= 15 is 0 Å². The van der Waals surface area contributed by atoms with Gasteiger partial charge in [0.15, 0.2) is 17.3 Å². The third-order valence-corrected chi connectivity index (χ3v) is 3.27. The lowest BCUT2D eigenvalue weighted by atomic mass is 10.2. The van der Waals surface area contributed by atoms with Crippen molar-refractivity contribution in [3.63, 3.8) is 0 Å². The smallest absolute Gasteiger partial charge is 0.248 e. The number of nitrogens with one attached hydrogen (secondary N) is 1. The molecule has 6 heteroatoms. The number of benzene rings is 1. The van der Waals surface area contributed by atoms with Crippen LogP contribution in [0.3, 0.4) is 0 Å². The van der Waals surface area contributed by atoms with Crippen LogP contribution >= 0.6 is 0 Å². The predicted molar refractivity (Wildman–Crippen MR) is 77.9 cm³/mol. The fourth-order valence-electron chi connectivity index (χ4n) is 2.10. The molecule has 2 aromatic rings. The third kappa shape index (κ3) is 2.94. The molecule has 1 aromatic carbocycles. The van der Waals surface area contributed by atoms with Crippen LogP contribution in [0.2, 0.25) is 0 Å². The molecule has 0 fully saturated rings. The third-order valence-electron chi connectivity index (χ3n) is 3.27. The summed E-state index contributed by atoms with van der Waals surface area (Å²) in [6.07, 6.45) is 0. The van der Waals surface area contributed by atoms with Crippen molar-refractivity contribution in [2.45, 2.75) is 32.7 Å². The first-order valence-electron chi connectivity index (χ1n) is 7.13. The van der Waals surface area contributed by atoms with E-state index in [4.69, 9.17) is 14.0 Å². The van der Waals surface area contributed by atoms with Gasteiger partial charge in [-0.1, -0.05) is 19.0 Å². The van der Waals surface area contributed by atoms with Crippen LogP contribution in [0.15, 0.2) is 22.7 Å². The topological polar surface area (TPSA) is 69.4 Å². The predicted octanol–water partition coefficient (Wildman–Crippen LogP) is 3.14. The van der Waals surface area contributed by atoms with Crippen molar-refractivity contribution in [2.75, 3.05) is 18.5 Å². The highest BCUT2D eigenvalue weighted by atomic mass is 16.6. The van der Waals surface area contributed by atoms with Crippen molar-refractivity contribution in [3.8, 4) is 11.5 Å². The Bertz CT molecular complexity index is 624. The maximum absolute atomic E-state index is 5.57. The Morgan fingerprint density at radius 3 is 2.57 bits per heavy atom. The van der Waals surface area contributed by atoms with Gasteiger partial charge in [-0.05, 0) is 19.1 Å². The van der Waals surface area contributed by atoms with Gasteiger partial charge in [0.2, 0.25) is 5.89 Å². The SMILES string of the molecule is CC(C)c1noc([C@H](C)Nc2ccc3c(c2)OCCO3)n1. The maximum atomic E-state index is 5.57. The Balaban J connectivity index is 1.73. The van der Waals surface area contributed by atoms with E-state index in [1.807, 2.05) is 39.0 Å². The van der Waals surface area contributed by atoms with E-state index in [1.165, 1.54) is 0 Å². The molecule has 0 spiro atoms. The standard InChI is InChI=1S/C15H19N3O3/c1-9(2)14-17-15(21-18-14)10(3)16-11-4-5-12-13(8-11)20-7-6-19-12/h4-5,8-10,16H,6-7H2,1-3H3/t10-/m0/s1. The van der Waals surface area contributed by atoms with Crippen molar-refractivity contribution >= 4 is 5.69 Å². The number of hydrogen-bond acceptors (Lipinski definition) is 6. The summed E-state index contributed by atoms with van der Waals surface area (Å²) in [6, 6.07) is 5.69. The summed E-state index contributed by atoms with van der Waals surface area (Å²) in [5.74, 6) is 3.09. The first-order valence-corrected chi connectivity index (χ1v) is 7.13. The van der Waals surface area contributed by atoms with Crippen LogP contribution in [0.5, 0.6) is 11.5 Å². The summed E-state index contributed by atoms with van der Waals surface area (Å²) in [6.45, 7) is 7.22. The molecule has 21 heavy (non-hydrogen) atoms. The van der Waals surface area contributed by atoms with Gasteiger partial charge in [0.1, 0.15) is 19.3 Å². The van der Waals surface area contributed by atoms with Crippen molar-refractivity contribution in [1.29, 1.82) is 0 Å². The Labute approximate surface area is 123 Å². The monoisotopic (exact) mass is 289 g/mol. The van der Waals surface area contributed by atoms with Crippen molar-refractivity contribution in [3.05, 3.63) is 29.9 Å². The minimum Gasteiger partial charge on any atom is -0.486 e. The molecule has 0 unspecified atom stereocenters. The highest BCUT2D eigenvalue weighted by Gasteiger charge is 2.17. The minimum absolute atomic E-state index is 0.0763. The van der Waals surface area contributed by atoms with Gasteiger partial charge < -0.3 is 19.3 Å². The molecule has 112 valence electrons. The molecule has 0 bridgehead atoms. The number of nitrogens with zero attached hydrogens (tertiary/aromatic N) is 2. The maximum Gasteiger partial charge on any atom is 0.248 e. The van der Waals surface area contributed by atoms with E-state index in [0.717, 1.165) is 23.0 Å². The van der Waals surface area contributed by atoms with E-state index in [1.54, 1.807) is 0 Å². The normalized spacial score (nSPS) is 15.0. The van der Waals surface area contributed by atoms with Crippen molar-refractivity contribution in [2.24, 2.45) is 0 Å². The molecule has 0 saturated carbocycles. The highest BCUT2D eigenvalue weighted by Crippen LogP contribution is 2.33. The van der Waals surface area contributed by atoms with Crippen LogP contribution in [0.1, 0.15) is 44.4 Å². The first-order chi connectivity index (χ1) is 10.1. The number of hydrogen-bond donors (Lipinski definition) is 1. The summed E-state index contributed by atoms with van der Waals surface area (Å²) >= 11 is 0. The van der Waals surface area contributed by atoms with Gasteiger partial charge in [-0.3, -0.25) is 0 Å². The second-order valence-electron chi connectivity index (χ2n) is 5.37. The molecule has 1 aliphatic heterocycles. The number of anilines is 1. The molecule has 0 radical (unpaired) electrons. The van der Waals surface area contributed by atoms with Gasteiger partial charge in [-0.15, -0.1) is 0 Å². The van der Waals surface area contributed by atoms with E-state index in [2.05, 4.69) is 15.5 Å². The molecule has 6 nitrogen and oxygen atoms in total. The molecule has 0 amide bonds. The number of rotatable bonds is 4. The molecule has 2 heterocycles. The van der Waals surface area contributed by atoms with Gasteiger partial charge in [0.25, 0.3) is 0 Å². The lowest BCUT2D eigenvalue weighted by molar-refractivity contribution is 0.171. The molecule has 3 rings (SSSR count). The molecule has 0 aliphatic carbocycles. The molecule has 0 saturated heterocycles. The molecule has 1 N–H and O–H groups in total. The van der Waals surface area contributed by atoms with Gasteiger partial charge in [-0.2, -0.15) is 4.98 Å². The minimum atomic E-state index is -0.0763. The van der Waals surface area contributed by atoms with Gasteiger partial charge in [-0.25, -0.2) is 0 Å². The number of fused-ring (bicyclic) bond motifs is 1. The van der Waals surface area contributed by atoms with Crippen LogP contribution in [0.25, 0.3) is 0 Å². The van der Waals surface area contributed by atoms with Crippen LogP contribution in [-0.4, -0.2) is 23.4 Å². The zero-order valence-corrected chi connectivity index (χ0v) is 12.4. The van der Waals surface area contributed by atoms with Crippen molar-refractivity contribution in [1.82, 2.24) is 10.1 Å². The van der Waals surface area contributed by atoms with Gasteiger partial charge in [0, 0.05) is 17.7 Å². The Kier molecular flexibility index (Phi) is 3.68. The van der Waals surface area contributed by atoms with Gasteiger partial charge in [0.05, 0.1) is 0 Å². The van der Waals surface area contributed by atoms with Crippen molar-refractivity contribution < 1.29 is 14.0 Å². The molecular weight excluding hydrogens is 270 g/mol. The lowest BCUT2D eigenvalue weighted by Gasteiger charge is -2.20. The largest absolute Gasteiger partial charge is 0.486 e. The average Bonchev–Trinajstić information content (AvgIpc) is 2.97. The second kappa shape index (κ2) is 5.63. The second-order valence-corrected chi connectivity index (χ2v) is 5.37. The first kappa shape index (κ1) is 13.7. The molecule has 1 aromatic heterocycles. The van der Waals surface area contributed by atoms with E-state index in [-0.39, 0.29) is 12.0 Å². The number of aromatic nitrogens is 2. The summed E-state index contributed by atoms with van der Waals surface area (Å²) in [4.78, 5) is 4.40. The molecule has 1 aliphatic rings. The highest BCUT2D eigenvalue weighted by molar-refractivity contribution is 5.55. The summed E-state index contributed by atoms with van der Waals surface area (Å²) < 4.78 is 16.4. The van der Waals surface area contributed by atoms with Crippen LogP contribution in [0.4, 0.5) is 5.69 Å². The fourth-order valence-corrected chi connectivity index (χ4v) is 2.10. The van der Waals surface area contributed by atoms with E-state index in [0.29, 0.717) is 19.1 Å². The molecular formula is C15H19N3O3. The van der Waals surface area contributed by atoms with Gasteiger partial charge >= 0.3 is 0 Å². The number of ether oxygens (including phenoxy) is 2. The summed E-state index contributed by atoms with van der Waals surface area (Å²) in [5, 5.41) is 7.31. The average molecular weight is 289 g/mol. The van der Waals surface area contributed by atoms with Crippen LogP contribution < -0.4 is 14.8 Å². The van der Waals surface area contributed by atoms with E-state index < -0.39 is 0 Å².